The van der Waals surface area contributed by atoms with Gasteiger partial charge in [-0.2, -0.15) is 0 Å². The van der Waals surface area contributed by atoms with Gasteiger partial charge in [0, 0.05) is 23.6 Å². The zero-order valence-electron chi connectivity index (χ0n) is 15.2. The molecule has 0 aliphatic carbocycles. The molecule has 0 saturated heterocycles. The fourth-order valence-electron chi connectivity index (χ4n) is 3.02. The van der Waals surface area contributed by atoms with Gasteiger partial charge in [-0.15, -0.1) is 11.3 Å². The maximum atomic E-state index is 13.7. The Bertz CT molecular complexity index is 979. The van der Waals surface area contributed by atoms with Gasteiger partial charge in [-0.05, 0) is 35.9 Å². The second-order valence-corrected chi connectivity index (χ2v) is 7.19. The molecule has 28 heavy (non-hydrogen) atoms. The molecule has 2 aromatic carbocycles. The number of nitrogens with one attached hydrogen (secondary N) is 2. The minimum absolute atomic E-state index is 0.289. The topological polar surface area (TPSA) is 75.6 Å². The Balaban J connectivity index is 1.58. The molecule has 1 aliphatic rings. The predicted octanol–water partition coefficient (Wildman–Crippen LogP) is 3.89. The number of benzene rings is 2. The van der Waals surface area contributed by atoms with E-state index in [1.54, 1.807) is 13.2 Å². The van der Waals surface area contributed by atoms with Gasteiger partial charge in [0.15, 0.2) is 0 Å². The van der Waals surface area contributed by atoms with E-state index in [-0.39, 0.29) is 12.4 Å². The number of thiazole rings is 1. The highest BCUT2D eigenvalue weighted by molar-refractivity contribution is 7.13. The molecule has 4 rings (SSSR count). The van der Waals surface area contributed by atoms with Crippen LogP contribution in [0.1, 0.15) is 5.56 Å². The maximum Gasteiger partial charge on any atom is 0.202 e. The van der Waals surface area contributed by atoms with Crippen LogP contribution in [0.5, 0.6) is 0 Å². The predicted molar refractivity (Wildman–Crippen MR) is 108 cm³/mol. The summed E-state index contributed by atoms with van der Waals surface area (Å²) in [5.74, 6) is -0.304. The van der Waals surface area contributed by atoms with Crippen molar-refractivity contribution in [1.29, 1.82) is 0 Å². The van der Waals surface area contributed by atoms with Crippen molar-refractivity contribution >= 4 is 22.7 Å². The molecule has 1 aromatic heterocycles. The Hall–Kier alpha value is -2.52. The molecule has 1 aliphatic heterocycles. The number of rotatable bonds is 7. The molecule has 146 valence electrons. The minimum atomic E-state index is -0.781. The highest BCUT2D eigenvalue weighted by Crippen LogP contribution is 2.36. The lowest BCUT2D eigenvalue weighted by molar-refractivity contribution is 0.0617. The average molecular weight is 401 g/mol. The lowest BCUT2D eigenvalue weighted by Gasteiger charge is -2.09. The number of ether oxygens (including phenoxy) is 2. The first-order chi connectivity index (χ1) is 13.6. The number of nitrogens with zero attached hydrogens (tertiary/aromatic N) is 1. The van der Waals surface area contributed by atoms with Crippen molar-refractivity contribution < 1.29 is 19.0 Å². The second kappa shape index (κ2) is 8.24. The Kier molecular flexibility index (Phi) is 5.54. The molecule has 0 amide bonds. The number of aliphatic hydroxyl groups is 1. The number of aromatic nitrogens is 1. The summed E-state index contributed by atoms with van der Waals surface area (Å²) < 4.78 is 24.3. The number of methoxy groups -OCH3 is 1. The van der Waals surface area contributed by atoms with Crippen LogP contribution in [0.3, 0.4) is 0 Å². The van der Waals surface area contributed by atoms with Crippen LogP contribution in [0.25, 0.3) is 21.8 Å². The summed E-state index contributed by atoms with van der Waals surface area (Å²) in [6.07, 6.45) is -0.781. The smallest absolute Gasteiger partial charge is 0.202 e. The van der Waals surface area contributed by atoms with Gasteiger partial charge in [0.25, 0.3) is 0 Å². The zero-order valence-corrected chi connectivity index (χ0v) is 16.1. The number of hydrogen-bond acceptors (Lipinski definition) is 7. The number of halogens is 1. The van der Waals surface area contributed by atoms with Crippen LogP contribution < -0.4 is 10.6 Å². The molecular formula is C20H20FN3O3S. The van der Waals surface area contributed by atoms with E-state index in [0.717, 1.165) is 38.8 Å². The van der Waals surface area contributed by atoms with Crippen molar-refractivity contribution in [3.8, 4) is 21.8 Å². The standard InChI is InChI=1S/C20H20FN3O3S/c1-26-6-7-27-10-13-8-14(21)3-4-15(13)19-22-18(11-28-19)12-2-5-16-17(9-12)24-20(25)23-16/h2-5,8-9,11,20,23-25H,6-7,10H2,1H3. The number of aliphatic hydroxyl groups excluding tert-OH is 1. The van der Waals surface area contributed by atoms with Gasteiger partial charge in [-0.3, -0.25) is 0 Å². The van der Waals surface area contributed by atoms with E-state index < -0.39 is 6.35 Å². The summed E-state index contributed by atoms with van der Waals surface area (Å²) in [5, 5.41) is 18.3. The van der Waals surface area contributed by atoms with Crippen molar-refractivity contribution in [1.82, 2.24) is 4.98 Å². The molecule has 0 spiro atoms. The van der Waals surface area contributed by atoms with Crippen molar-refractivity contribution in [2.75, 3.05) is 31.0 Å². The molecule has 3 N–H and O–H groups in total. The third kappa shape index (κ3) is 4.00. The zero-order chi connectivity index (χ0) is 19.5. The van der Waals surface area contributed by atoms with E-state index in [4.69, 9.17) is 14.5 Å². The van der Waals surface area contributed by atoms with E-state index in [1.807, 2.05) is 23.6 Å². The molecule has 0 bridgehead atoms. The summed E-state index contributed by atoms with van der Waals surface area (Å²) in [6.45, 7) is 1.22. The number of anilines is 2. The van der Waals surface area contributed by atoms with Crippen molar-refractivity contribution in [2.24, 2.45) is 0 Å². The van der Waals surface area contributed by atoms with Gasteiger partial charge in [-0.25, -0.2) is 9.37 Å². The van der Waals surface area contributed by atoms with Crippen LogP contribution >= 0.6 is 11.3 Å². The van der Waals surface area contributed by atoms with Crippen molar-refractivity contribution in [3.63, 3.8) is 0 Å². The summed E-state index contributed by atoms with van der Waals surface area (Å²) in [5.41, 5.74) is 5.03. The van der Waals surface area contributed by atoms with Gasteiger partial charge < -0.3 is 25.2 Å². The third-order valence-corrected chi connectivity index (χ3v) is 5.27. The Morgan fingerprint density at radius 1 is 1.14 bits per heavy atom. The first-order valence-electron chi connectivity index (χ1n) is 8.80. The molecular weight excluding hydrogens is 381 g/mol. The highest BCUT2D eigenvalue weighted by atomic mass is 32.1. The van der Waals surface area contributed by atoms with Gasteiger partial charge >= 0.3 is 0 Å². The molecule has 0 radical (unpaired) electrons. The van der Waals surface area contributed by atoms with Gasteiger partial charge in [0.1, 0.15) is 10.8 Å². The van der Waals surface area contributed by atoms with Crippen LogP contribution in [0.15, 0.2) is 41.8 Å². The quantitative estimate of drug-likeness (QED) is 0.522. The summed E-state index contributed by atoms with van der Waals surface area (Å²) in [6, 6.07) is 10.4. The van der Waals surface area contributed by atoms with Crippen LogP contribution in [-0.4, -0.2) is 36.8 Å². The van der Waals surface area contributed by atoms with E-state index in [1.165, 1.54) is 23.5 Å². The number of hydrogen-bond donors (Lipinski definition) is 3. The molecule has 2 heterocycles. The van der Waals surface area contributed by atoms with E-state index in [0.29, 0.717) is 13.2 Å². The molecule has 6 nitrogen and oxygen atoms in total. The lowest BCUT2D eigenvalue weighted by atomic mass is 10.1. The summed E-state index contributed by atoms with van der Waals surface area (Å²) in [4.78, 5) is 4.74. The number of fused-ring (bicyclic) bond motifs is 1. The Morgan fingerprint density at radius 3 is 2.86 bits per heavy atom. The van der Waals surface area contributed by atoms with Crippen LogP contribution in [0.4, 0.5) is 15.8 Å². The van der Waals surface area contributed by atoms with Crippen LogP contribution in [0.2, 0.25) is 0 Å². The fourth-order valence-corrected chi connectivity index (χ4v) is 3.91. The second-order valence-electron chi connectivity index (χ2n) is 6.34. The van der Waals surface area contributed by atoms with Crippen LogP contribution in [0, 0.1) is 5.82 Å². The maximum absolute atomic E-state index is 13.7. The normalized spacial score (nSPS) is 15.2. The summed E-state index contributed by atoms with van der Waals surface area (Å²) >= 11 is 1.50. The third-order valence-electron chi connectivity index (χ3n) is 4.39. The lowest BCUT2D eigenvalue weighted by Crippen LogP contribution is -2.20. The van der Waals surface area contributed by atoms with E-state index >= 15 is 0 Å². The van der Waals surface area contributed by atoms with E-state index in [9.17, 15) is 9.50 Å². The van der Waals surface area contributed by atoms with Gasteiger partial charge in [-0.1, -0.05) is 6.07 Å². The SMILES string of the molecule is COCCOCc1cc(F)ccc1-c1nc(-c2ccc3c(c2)NC(O)N3)cs1. The summed E-state index contributed by atoms with van der Waals surface area (Å²) in [7, 11) is 1.61. The molecule has 1 unspecified atom stereocenters. The largest absolute Gasteiger partial charge is 0.382 e. The average Bonchev–Trinajstić information content (AvgIpc) is 3.30. The molecule has 1 atom stereocenters. The first kappa shape index (κ1) is 18.8. The highest BCUT2D eigenvalue weighted by Gasteiger charge is 2.18. The molecule has 3 aromatic rings. The van der Waals surface area contributed by atoms with Gasteiger partial charge in [0.05, 0.1) is 36.9 Å². The van der Waals surface area contributed by atoms with Crippen molar-refractivity contribution in [2.45, 2.75) is 13.0 Å². The van der Waals surface area contributed by atoms with E-state index in [2.05, 4.69) is 10.6 Å². The molecule has 8 heteroatoms. The Morgan fingerprint density at radius 2 is 2.00 bits per heavy atom. The van der Waals surface area contributed by atoms with Crippen LogP contribution in [-0.2, 0) is 16.1 Å². The Labute approximate surface area is 166 Å². The van der Waals surface area contributed by atoms with Gasteiger partial charge in [0.2, 0.25) is 6.35 Å². The molecule has 0 saturated carbocycles. The minimum Gasteiger partial charge on any atom is -0.382 e. The fraction of sp³-hybridized carbons (Fsp3) is 0.250. The molecule has 0 fully saturated rings. The van der Waals surface area contributed by atoms with Crippen molar-refractivity contribution in [3.05, 3.63) is 53.2 Å². The monoisotopic (exact) mass is 401 g/mol. The first-order valence-corrected chi connectivity index (χ1v) is 9.68.